The Hall–Kier alpha value is -2.07. The zero-order chi connectivity index (χ0) is 14.7. The van der Waals surface area contributed by atoms with E-state index in [9.17, 15) is 4.39 Å². The fraction of sp³-hybridized carbons (Fsp3) is 0.294. The Labute approximate surface area is 124 Å². The van der Waals surface area contributed by atoms with Crippen molar-refractivity contribution in [3.63, 3.8) is 0 Å². The summed E-state index contributed by atoms with van der Waals surface area (Å²) in [6.07, 6.45) is 0. The molecule has 1 aliphatic heterocycles. The van der Waals surface area contributed by atoms with Gasteiger partial charge in [-0.3, -0.25) is 0 Å². The number of ether oxygens (including phenoxy) is 1. The van der Waals surface area contributed by atoms with Crippen molar-refractivity contribution in [3.05, 3.63) is 59.4 Å². The van der Waals surface area contributed by atoms with E-state index in [1.807, 2.05) is 18.2 Å². The molecule has 0 saturated carbocycles. The molecule has 0 unspecified atom stereocenters. The lowest BCUT2D eigenvalue weighted by Gasteiger charge is -2.25. The molecule has 2 aromatic carbocycles. The van der Waals surface area contributed by atoms with Crippen LogP contribution < -0.4 is 15.0 Å². The normalized spacial score (nSPS) is 14.5. The highest BCUT2D eigenvalue weighted by Crippen LogP contribution is 2.28. The number of benzene rings is 2. The van der Waals surface area contributed by atoms with Gasteiger partial charge in [-0.05, 0) is 29.3 Å². The molecule has 0 aliphatic carbocycles. The number of nitrogens with zero attached hydrogens (tertiary/aromatic N) is 1. The predicted molar refractivity (Wildman–Crippen MR) is 82.2 cm³/mol. The summed E-state index contributed by atoms with van der Waals surface area (Å²) in [4.78, 5) is 2.31. The quantitative estimate of drug-likeness (QED) is 0.939. The second kappa shape index (κ2) is 6.14. The Morgan fingerprint density at radius 2 is 2.00 bits per heavy atom. The Bertz CT molecular complexity index is 613. The molecule has 21 heavy (non-hydrogen) atoms. The minimum absolute atomic E-state index is 0.196. The highest BCUT2D eigenvalue weighted by atomic mass is 19.1. The molecular formula is C17H19FN2O. The van der Waals surface area contributed by atoms with Crippen molar-refractivity contribution in [1.29, 1.82) is 0 Å². The van der Waals surface area contributed by atoms with Gasteiger partial charge >= 0.3 is 0 Å². The summed E-state index contributed by atoms with van der Waals surface area (Å²) in [6, 6.07) is 12.9. The van der Waals surface area contributed by atoms with Crippen LogP contribution in [-0.2, 0) is 13.1 Å². The number of hydrogen-bond acceptors (Lipinski definition) is 3. The van der Waals surface area contributed by atoms with E-state index in [0.717, 1.165) is 37.5 Å². The van der Waals surface area contributed by atoms with E-state index in [1.165, 1.54) is 23.4 Å². The number of fused-ring (bicyclic) bond motifs is 1. The molecule has 0 amide bonds. The Kier molecular flexibility index (Phi) is 4.06. The second-order valence-electron chi connectivity index (χ2n) is 5.22. The topological polar surface area (TPSA) is 24.5 Å². The van der Waals surface area contributed by atoms with Crippen LogP contribution in [0.15, 0.2) is 42.5 Å². The first-order valence-electron chi connectivity index (χ1n) is 7.13. The van der Waals surface area contributed by atoms with Crippen LogP contribution in [0.5, 0.6) is 5.75 Å². The highest BCUT2D eigenvalue weighted by Gasteiger charge is 2.16. The lowest BCUT2D eigenvalue weighted by atomic mass is 10.1. The van der Waals surface area contributed by atoms with E-state index < -0.39 is 0 Å². The lowest BCUT2D eigenvalue weighted by molar-refractivity contribution is 0.414. The molecule has 0 spiro atoms. The first kappa shape index (κ1) is 13.9. The summed E-state index contributed by atoms with van der Waals surface area (Å²) in [5.74, 6) is 0.665. The third-order valence-corrected chi connectivity index (χ3v) is 3.79. The molecule has 3 rings (SSSR count). The van der Waals surface area contributed by atoms with Crippen molar-refractivity contribution in [1.82, 2.24) is 5.32 Å². The molecule has 1 aliphatic rings. The largest absolute Gasteiger partial charge is 0.497 e. The van der Waals surface area contributed by atoms with Gasteiger partial charge in [-0.25, -0.2) is 4.39 Å². The number of methoxy groups -OCH3 is 1. The van der Waals surface area contributed by atoms with E-state index in [-0.39, 0.29) is 5.82 Å². The van der Waals surface area contributed by atoms with Crippen molar-refractivity contribution >= 4 is 5.69 Å². The summed E-state index contributed by atoms with van der Waals surface area (Å²) >= 11 is 0. The van der Waals surface area contributed by atoms with Crippen molar-refractivity contribution in [2.24, 2.45) is 0 Å². The molecule has 0 aromatic heterocycles. The van der Waals surface area contributed by atoms with Crippen LogP contribution >= 0.6 is 0 Å². The molecule has 4 heteroatoms. The van der Waals surface area contributed by atoms with Gasteiger partial charge in [0.1, 0.15) is 11.6 Å². The minimum atomic E-state index is -0.196. The molecule has 0 saturated heterocycles. The van der Waals surface area contributed by atoms with Crippen LogP contribution in [0.3, 0.4) is 0 Å². The number of rotatable bonds is 3. The molecule has 0 radical (unpaired) electrons. The zero-order valence-electron chi connectivity index (χ0n) is 12.1. The minimum Gasteiger partial charge on any atom is -0.497 e. The van der Waals surface area contributed by atoms with E-state index in [0.29, 0.717) is 0 Å². The number of hydrogen-bond donors (Lipinski definition) is 1. The lowest BCUT2D eigenvalue weighted by Crippen LogP contribution is -2.28. The van der Waals surface area contributed by atoms with E-state index in [2.05, 4.69) is 22.3 Å². The Balaban J connectivity index is 1.90. The first-order valence-corrected chi connectivity index (χ1v) is 7.13. The van der Waals surface area contributed by atoms with Gasteiger partial charge in [0, 0.05) is 37.9 Å². The van der Waals surface area contributed by atoms with Crippen molar-refractivity contribution in [2.75, 3.05) is 25.1 Å². The molecule has 1 N–H and O–H groups in total. The van der Waals surface area contributed by atoms with Crippen molar-refractivity contribution < 1.29 is 9.13 Å². The predicted octanol–water partition coefficient (Wildman–Crippen LogP) is 2.94. The molecule has 1 heterocycles. The van der Waals surface area contributed by atoms with Gasteiger partial charge in [-0.1, -0.05) is 18.2 Å². The van der Waals surface area contributed by atoms with Crippen LogP contribution in [0.4, 0.5) is 10.1 Å². The van der Waals surface area contributed by atoms with Gasteiger partial charge in [0.05, 0.1) is 7.11 Å². The smallest absolute Gasteiger partial charge is 0.123 e. The zero-order valence-corrected chi connectivity index (χ0v) is 12.1. The summed E-state index contributed by atoms with van der Waals surface area (Å²) in [7, 11) is 1.68. The summed E-state index contributed by atoms with van der Waals surface area (Å²) in [5.41, 5.74) is 3.55. The van der Waals surface area contributed by atoms with Crippen LogP contribution in [0, 0.1) is 5.82 Å². The average Bonchev–Trinajstić information content (AvgIpc) is 2.71. The van der Waals surface area contributed by atoms with E-state index in [4.69, 9.17) is 4.74 Å². The summed E-state index contributed by atoms with van der Waals surface area (Å²) in [6.45, 7) is 3.47. The molecule has 0 fully saturated rings. The van der Waals surface area contributed by atoms with Gasteiger partial charge in [0.2, 0.25) is 0 Å². The van der Waals surface area contributed by atoms with Crippen LogP contribution in [0.2, 0.25) is 0 Å². The molecule has 0 bridgehead atoms. The second-order valence-corrected chi connectivity index (χ2v) is 5.22. The molecule has 110 valence electrons. The summed E-state index contributed by atoms with van der Waals surface area (Å²) < 4.78 is 18.4. The van der Waals surface area contributed by atoms with Gasteiger partial charge in [-0.15, -0.1) is 0 Å². The highest BCUT2D eigenvalue weighted by molar-refractivity contribution is 5.58. The number of halogens is 1. The number of nitrogens with one attached hydrogen (secondary N) is 1. The third-order valence-electron chi connectivity index (χ3n) is 3.79. The average molecular weight is 286 g/mol. The fourth-order valence-corrected chi connectivity index (χ4v) is 2.65. The molecular weight excluding hydrogens is 267 g/mol. The SMILES string of the molecule is COc1ccc2c(c1)N(Cc1ccc(F)cc1)CCNC2. The fourth-order valence-electron chi connectivity index (χ4n) is 2.65. The Morgan fingerprint density at radius 1 is 1.19 bits per heavy atom. The standard InChI is InChI=1S/C17H19FN2O/c1-21-16-7-4-14-11-19-8-9-20(17(14)10-16)12-13-2-5-15(18)6-3-13/h2-7,10,19H,8-9,11-12H2,1H3. The number of anilines is 1. The third kappa shape index (κ3) is 3.16. The monoisotopic (exact) mass is 286 g/mol. The van der Waals surface area contributed by atoms with Gasteiger partial charge in [0.15, 0.2) is 0 Å². The molecule has 0 atom stereocenters. The maximum Gasteiger partial charge on any atom is 0.123 e. The van der Waals surface area contributed by atoms with Crippen LogP contribution in [-0.4, -0.2) is 20.2 Å². The van der Waals surface area contributed by atoms with Gasteiger partial charge < -0.3 is 15.0 Å². The first-order chi connectivity index (χ1) is 10.3. The summed E-state index contributed by atoms with van der Waals surface area (Å²) in [5, 5.41) is 3.42. The van der Waals surface area contributed by atoms with Gasteiger partial charge in [-0.2, -0.15) is 0 Å². The van der Waals surface area contributed by atoms with Crippen molar-refractivity contribution in [3.8, 4) is 5.75 Å². The molecule has 2 aromatic rings. The van der Waals surface area contributed by atoms with E-state index in [1.54, 1.807) is 7.11 Å². The Morgan fingerprint density at radius 3 is 2.76 bits per heavy atom. The maximum absolute atomic E-state index is 13.0. The maximum atomic E-state index is 13.0. The van der Waals surface area contributed by atoms with E-state index >= 15 is 0 Å². The van der Waals surface area contributed by atoms with Gasteiger partial charge in [0.25, 0.3) is 0 Å². The van der Waals surface area contributed by atoms with Crippen LogP contribution in [0.1, 0.15) is 11.1 Å². The molecule has 3 nitrogen and oxygen atoms in total. The van der Waals surface area contributed by atoms with Crippen LogP contribution in [0.25, 0.3) is 0 Å². The van der Waals surface area contributed by atoms with Crippen molar-refractivity contribution in [2.45, 2.75) is 13.1 Å².